The zero-order valence-electron chi connectivity index (χ0n) is 20.2. The lowest BCUT2D eigenvalue weighted by Crippen LogP contribution is -2.44. The van der Waals surface area contributed by atoms with Crippen molar-refractivity contribution in [1.29, 1.82) is 0 Å². The van der Waals surface area contributed by atoms with E-state index in [0.29, 0.717) is 30.8 Å². The fourth-order valence-corrected chi connectivity index (χ4v) is 4.79. The van der Waals surface area contributed by atoms with Gasteiger partial charge in [-0.05, 0) is 80.6 Å². The molecule has 35 heavy (non-hydrogen) atoms. The van der Waals surface area contributed by atoms with Crippen LogP contribution in [0.25, 0.3) is 10.9 Å². The Morgan fingerprint density at radius 3 is 2.80 bits per heavy atom. The number of methoxy groups -OCH3 is 1. The average molecular weight is 475 g/mol. The molecule has 0 bridgehead atoms. The fraction of sp³-hybridized carbons (Fsp3) is 0.379. The average Bonchev–Trinajstić information content (AvgIpc) is 2.88. The number of fused-ring (bicyclic) bond motifs is 1. The molecule has 5 nitrogen and oxygen atoms in total. The van der Waals surface area contributed by atoms with Gasteiger partial charge in [0.25, 0.3) is 0 Å². The van der Waals surface area contributed by atoms with Crippen molar-refractivity contribution >= 4 is 16.9 Å². The summed E-state index contributed by atoms with van der Waals surface area (Å²) in [6.07, 6.45) is 1.95. The van der Waals surface area contributed by atoms with Crippen molar-refractivity contribution in [3.8, 4) is 17.6 Å². The summed E-state index contributed by atoms with van der Waals surface area (Å²) >= 11 is 0. The van der Waals surface area contributed by atoms with Gasteiger partial charge in [-0.2, -0.15) is 0 Å². The van der Waals surface area contributed by atoms with Gasteiger partial charge in [-0.15, -0.1) is 0 Å². The Morgan fingerprint density at radius 1 is 1.26 bits per heavy atom. The number of likely N-dealkylation sites (tertiary alicyclic amines) is 1. The third-order valence-corrected chi connectivity index (χ3v) is 6.86. The first-order valence-electron chi connectivity index (χ1n) is 12.0. The van der Waals surface area contributed by atoms with Crippen LogP contribution in [0.3, 0.4) is 0 Å². The highest BCUT2D eigenvalue weighted by Gasteiger charge is 2.34. The van der Waals surface area contributed by atoms with E-state index >= 15 is 4.39 Å². The van der Waals surface area contributed by atoms with Crippen LogP contribution in [0.2, 0.25) is 0 Å². The van der Waals surface area contributed by atoms with Crippen molar-refractivity contribution in [3.05, 3.63) is 71.4 Å². The number of alkyl halides is 1. The van der Waals surface area contributed by atoms with Gasteiger partial charge in [0.2, 0.25) is 0 Å². The number of hydrogen-bond acceptors (Lipinski definition) is 4. The summed E-state index contributed by atoms with van der Waals surface area (Å²) in [5.74, 6) is 5.58. The van der Waals surface area contributed by atoms with Gasteiger partial charge in [0.05, 0.1) is 25.1 Å². The molecule has 2 heterocycles. The van der Waals surface area contributed by atoms with E-state index in [1.165, 1.54) is 5.56 Å². The maximum absolute atomic E-state index is 15.4. The van der Waals surface area contributed by atoms with Crippen molar-refractivity contribution in [2.75, 3.05) is 26.7 Å². The maximum atomic E-state index is 15.4. The second kappa shape index (κ2) is 11.3. The highest BCUT2D eigenvalue weighted by atomic mass is 19.1. The molecule has 0 saturated carbocycles. The predicted octanol–water partition coefficient (Wildman–Crippen LogP) is 5.42. The van der Waals surface area contributed by atoms with Crippen LogP contribution in [0.15, 0.2) is 54.7 Å². The standard InChI is InChI=1S/C29H31FN2O3/c1-20-5-7-21(8-6-20)4-3-16-32-17-14-22(26(19-32)29(33)34)9-11-27(30)24-13-15-31-28-12-10-23(35-2)18-25(24)28/h5-8,10,12-13,15,18,22,26-27H,9,11,14,16-17,19H2,1-2H3,(H,33,34)/t22-,26+,27?/m1/s1. The number of carbonyl (C=O) groups is 1. The van der Waals surface area contributed by atoms with E-state index in [1.54, 1.807) is 25.4 Å². The zero-order chi connectivity index (χ0) is 24.8. The summed E-state index contributed by atoms with van der Waals surface area (Å²) in [7, 11) is 1.58. The van der Waals surface area contributed by atoms with Crippen molar-refractivity contribution < 1.29 is 19.0 Å². The largest absolute Gasteiger partial charge is 0.497 e. The highest BCUT2D eigenvalue weighted by Crippen LogP contribution is 2.35. The monoisotopic (exact) mass is 474 g/mol. The van der Waals surface area contributed by atoms with Gasteiger partial charge in [0.1, 0.15) is 11.9 Å². The number of carboxylic acids is 1. The molecule has 2 aromatic carbocycles. The van der Waals surface area contributed by atoms with Crippen molar-refractivity contribution in [2.24, 2.45) is 11.8 Å². The topological polar surface area (TPSA) is 62.7 Å². The summed E-state index contributed by atoms with van der Waals surface area (Å²) in [6.45, 7) is 3.77. The number of pyridine rings is 1. The molecular weight excluding hydrogens is 443 g/mol. The molecule has 1 unspecified atom stereocenters. The zero-order valence-corrected chi connectivity index (χ0v) is 20.2. The van der Waals surface area contributed by atoms with Crippen molar-refractivity contribution in [1.82, 2.24) is 9.88 Å². The Balaban J connectivity index is 1.37. The van der Waals surface area contributed by atoms with Crippen LogP contribution in [0, 0.1) is 30.6 Å². The second-order valence-electron chi connectivity index (χ2n) is 9.22. The molecule has 0 spiro atoms. The van der Waals surface area contributed by atoms with E-state index in [1.807, 2.05) is 43.3 Å². The maximum Gasteiger partial charge on any atom is 0.308 e. The third-order valence-electron chi connectivity index (χ3n) is 6.86. The predicted molar refractivity (Wildman–Crippen MR) is 135 cm³/mol. The summed E-state index contributed by atoms with van der Waals surface area (Å²) in [5.41, 5.74) is 3.43. The molecule has 1 aromatic heterocycles. The minimum Gasteiger partial charge on any atom is -0.497 e. The highest BCUT2D eigenvalue weighted by molar-refractivity contribution is 5.83. The molecule has 4 rings (SSSR count). The van der Waals surface area contributed by atoms with Gasteiger partial charge in [0, 0.05) is 23.7 Å². The van der Waals surface area contributed by atoms with Crippen LogP contribution in [0.5, 0.6) is 5.75 Å². The summed E-state index contributed by atoms with van der Waals surface area (Å²) in [4.78, 5) is 18.4. The molecule has 182 valence electrons. The fourth-order valence-electron chi connectivity index (χ4n) is 4.79. The van der Waals surface area contributed by atoms with Gasteiger partial charge in [0.15, 0.2) is 0 Å². The number of halogens is 1. The molecule has 1 N–H and O–H groups in total. The van der Waals surface area contributed by atoms with Crippen LogP contribution in [-0.4, -0.2) is 47.7 Å². The number of nitrogens with zero attached hydrogens (tertiary/aromatic N) is 2. The first kappa shape index (κ1) is 24.7. The molecule has 3 atom stereocenters. The normalized spacial score (nSPS) is 19.1. The van der Waals surface area contributed by atoms with E-state index in [4.69, 9.17) is 4.74 Å². The Kier molecular flexibility index (Phi) is 7.99. The smallest absolute Gasteiger partial charge is 0.308 e. The first-order chi connectivity index (χ1) is 16.9. The van der Waals surface area contributed by atoms with Crippen LogP contribution in [0.4, 0.5) is 4.39 Å². The lowest BCUT2D eigenvalue weighted by Gasteiger charge is -2.35. The molecule has 1 saturated heterocycles. The number of aromatic nitrogens is 1. The lowest BCUT2D eigenvalue weighted by molar-refractivity contribution is -0.146. The molecule has 6 heteroatoms. The van der Waals surface area contributed by atoms with Gasteiger partial charge < -0.3 is 9.84 Å². The number of hydrogen-bond donors (Lipinski definition) is 1. The Hall–Kier alpha value is -3.43. The van der Waals surface area contributed by atoms with Crippen molar-refractivity contribution in [2.45, 2.75) is 32.4 Å². The first-order valence-corrected chi connectivity index (χ1v) is 12.0. The van der Waals surface area contributed by atoms with E-state index in [-0.39, 0.29) is 12.3 Å². The molecule has 3 aromatic rings. The van der Waals surface area contributed by atoms with E-state index in [0.717, 1.165) is 29.4 Å². The molecule has 0 aliphatic carbocycles. The number of aliphatic carboxylic acids is 1. The molecule has 1 fully saturated rings. The van der Waals surface area contributed by atoms with Crippen LogP contribution < -0.4 is 4.74 Å². The van der Waals surface area contributed by atoms with Crippen LogP contribution >= 0.6 is 0 Å². The quantitative estimate of drug-likeness (QED) is 0.464. The van der Waals surface area contributed by atoms with Gasteiger partial charge in [-0.1, -0.05) is 29.5 Å². The van der Waals surface area contributed by atoms with Gasteiger partial charge in [-0.3, -0.25) is 14.7 Å². The van der Waals surface area contributed by atoms with Crippen LogP contribution in [0.1, 0.15) is 42.1 Å². The number of carboxylic acid groups (broad SMARTS) is 1. The third kappa shape index (κ3) is 6.17. The van der Waals surface area contributed by atoms with E-state index < -0.39 is 18.1 Å². The summed E-state index contributed by atoms with van der Waals surface area (Å²) in [6, 6.07) is 15.2. The lowest BCUT2D eigenvalue weighted by atomic mass is 9.81. The molecule has 1 aliphatic heterocycles. The number of ether oxygens (including phenoxy) is 1. The van der Waals surface area contributed by atoms with E-state index in [2.05, 4.69) is 21.7 Å². The Bertz CT molecular complexity index is 1230. The van der Waals surface area contributed by atoms with Crippen molar-refractivity contribution in [3.63, 3.8) is 0 Å². The SMILES string of the molecule is COc1ccc2nccc(C(F)CC[C@@H]3CCN(CC#Cc4ccc(C)cc4)C[C@@H]3C(=O)O)c2c1. The molecule has 0 radical (unpaired) electrons. The Labute approximate surface area is 205 Å². The second-order valence-corrected chi connectivity index (χ2v) is 9.22. The molecule has 1 aliphatic rings. The minimum absolute atomic E-state index is 0.0605. The van der Waals surface area contributed by atoms with E-state index in [9.17, 15) is 9.90 Å². The van der Waals surface area contributed by atoms with Gasteiger partial charge >= 0.3 is 5.97 Å². The molecule has 0 amide bonds. The number of aryl methyl sites for hydroxylation is 1. The molecular formula is C29H31FN2O3. The number of rotatable bonds is 7. The van der Waals surface area contributed by atoms with Crippen LogP contribution in [-0.2, 0) is 4.79 Å². The minimum atomic E-state index is -1.19. The summed E-state index contributed by atoms with van der Waals surface area (Å²) < 4.78 is 20.7. The Morgan fingerprint density at radius 2 is 2.06 bits per heavy atom. The number of benzene rings is 2. The van der Waals surface area contributed by atoms with Gasteiger partial charge in [-0.25, -0.2) is 4.39 Å². The number of piperidine rings is 1. The summed E-state index contributed by atoms with van der Waals surface area (Å²) in [5, 5.41) is 10.6.